The summed E-state index contributed by atoms with van der Waals surface area (Å²) in [7, 11) is 1.68. The van der Waals surface area contributed by atoms with Crippen LogP contribution in [0, 0.1) is 0 Å². The van der Waals surface area contributed by atoms with Crippen molar-refractivity contribution in [2.75, 3.05) is 40.0 Å². The predicted molar refractivity (Wildman–Crippen MR) is 106 cm³/mol. The third-order valence-electron chi connectivity index (χ3n) is 4.68. The van der Waals surface area contributed by atoms with Crippen LogP contribution in [0.25, 0.3) is 0 Å². The number of ether oxygens (including phenoxy) is 2. The van der Waals surface area contributed by atoms with E-state index in [4.69, 9.17) is 9.47 Å². The van der Waals surface area contributed by atoms with Crippen LogP contribution in [-0.4, -0.2) is 50.0 Å². The summed E-state index contributed by atoms with van der Waals surface area (Å²) in [6.07, 6.45) is 0. The molecule has 0 spiro atoms. The van der Waals surface area contributed by atoms with E-state index in [0.717, 1.165) is 48.6 Å². The molecule has 0 aliphatic carbocycles. The molecule has 0 amide bonds. The Labute approximate surface area is 163 Å². The molecule has 140 valence electrons. The van der Waals surface area contributed by atoms with E-state index in [1.54, 1.807) is 13.2 Å². The minimum Gasteiger partial charge on any atom is -0.508 e. The predicted octanol–water partition coefficient (Wildman–Crippen LogP) is 3.33. The highest BCUT2D eigenvalue weighted by Crippen LogP contribution is 2.25. The number of methoxy groups -OCH3 is 1. The minimum absolute atomic E-state index is 0.249. The summed E-state index contributed by atoms with van der Waals surface area (Å²) in [5, 5.41) is 13.5. The van der Waals surface area contributed by atoms with Crippen molar-refractivity contribution in [2.45, 2.75) is 12.6 Å². The van der Waals surface area contributed by atoms with Gasteiger partial charge in [0.1, 0.15) is 11.5 Å². The maximum atomic E-state index is 10.0. The summed E-state index contributed by atoms with van der Waals surface area (Å²) >= 11 is 3.46. The van der Waals surface area contributed by atoms with Gasteiger partial charge in [0.05, 0.1) is 20.3 Å². The molecule has 0 saturated carbocycles. The molecule has 2 aromatic rings. The van der Waals surface area contributed by atoms with Crippen LogP contribution in [0.4, 0.5) is 0 Å². The molecule has 5 nitrogen and oxygen atoms in total. The summed E-state index contributed by atoms with van der Waals surface area (Å²) in [6, 6.07) is 14.0. The second-order valence-corrected chi connectivity index (χ2v) is 7.26. The van der Waals surface area contributed by atoms with E-state index in [2.05, 4.69) is 38.3 Å². The van der Waals surface area contributed by atoms with Crippen molar-refractivity contribution in [3.8, 4) is 11.5 Å². The van der Waals surface area contributed by atoms with Gasteiger partial charge >= 0.3 is 0 Å². The number of benzene rings is 2. The number of halogens is 1. The summed E-state index contributed by atoms with van der Waals surface area (Å²) in [5.74, 6) is 1.18. The fraction of sp³-hybridized carbons (Fsp3) is 0.400. The van der Waals surface area contributed by atoms with Gasteiger partial charge < -0.3 is 19.9 Å². The zero-order chi connectivity index (χ0) is 18.4. The molecule has 3 rings (SSSR count). The van der Waals surface area contributed by atoms with Crippen LogP contribution in [-0.2, 0) is 11.3 Å². The van der Waals surface area contributed by atoms with Crippen LogP contribution in [0.2, 0.25) is 0 Å². The largest absolute Gasteiger partial charge is 0.508 e. The van der Waals surface area contributed by atoms with Crippen molar-refractivity contribution in [2.24, 2.45) is 0 Å². The topological polar surface area (TPSA) is 54.0 Å². The summed E-state index contributed by atoms with van der Waals surface area (Å²) < 4.78 is 11.7. The van der Waals surface area contributed by atoms with Gasteiger partial charge in [-0.1, -0.05) is 28.1 Å². The summed E-state index contributed by atoms with van der Waals surface area (Å²) in [4.78, 5) is 2.44. The lowest BCUT2D eigenvalue weighted by Crippen LogP contribution is -2.42. The lowest BCUT2D eigenvalue weighted by Gasteiger charge is -2.35. The molecule has 1 saturated heterocycles. The first-order chi connectivity index (χ1) is 12.7. The van der Waals surface area contributed by atoms with E-state index in [-0.39, 0.29) is 6.04 Å². The first-order valence-corrected chi connectivity index (χ1v) is 9.60. The highest BCUT2D eigenvalue weighted by atomic mass is 79.9. The molecule has 1 unspecified atom stereocenters. The molecule has 0 radical (unpaired) electrons. The van der Waals surface area contributed by atoms with Crippen molar-refractivity contribution in [3.63, 3.8) is 0 Å². The maximum Gasteiger partial charge on any atom is 0.120 e. The number of phenolic OH excluding ortho intramolecular Hbond substituents is 1. The van der Waals surface area contributed by atoms with Crippen LogP contribution < -0.4 is 10.1 Å². The summed E-state index contributed by atoms with van der Waals surface area (Å²) in [6.45, 7) is 4.76. The number of nitrogens with one attached hydrogen (secondary N) is 1. The molecule has 1 heterocycles. The van der Waals surface area contributed by atoms with E-state index >= 15 is 0 Å². The van der Waals surface area contributed by atoms with Crippen molar-refractivity contribution in [3.05, 3.63) is 58.1 Å². The summed E-state index contributed by atoms with van der Waals surface area (Å²) in [5.41, 5.74) is 2.13. The molecular weight excluding hydrogens is 396 g/mol. The molecule has 1 aliphatic heterocycles. The molecule has 26 heavy (non-hydrogen) atoms. The van der Waals surface area contributed by atoms with Gasteiger partial charge in [0.15, 0.2) is 0 Å². The zero-order valence-electron chi connectivity index (χ0n) is 15.0. The SMILES string of the molecule is COc1ccc(C(CNCc2cc(Br)ccc2O)N2CCOCC2)cc1. The fourth-order valence-corrected chi connectivity index (χ4v) is 3.62. The Morgan fingerprint density at radius 2 is 1.92 bits per heavy atom. The maximum absolute atomic E-state index is 10.0. The van der Waals surface area contributed by atoms with Gasteiger partial charge in [0.25, 0.3) is 0 Å². The highest BCUT2D eigenvalue weighted by Gasteiger charge is 2.22. The van der Waals surface area contributed by atoms with Gasteiger partial charge in [0, 0.05) is 42.3 Å². The van der Waals surface area contributed by atoms with Gasteiger partial charge in [0.2, 0.25) is 0 Å². The normalized spacial score (nSPS) is 16.4. The Hall–Kier alpha value is -1.60. The van der Waals surface area contributed by atoms with E-state index in [9.17, 15) is 5.11 Å². The number of nitrogens with zero attached hydrogens (tertiary/aromatic N) is 1. The van der Waals surface area contributed by atoms with Crippen LogP contribution >= 0.6 is 15.9 Å². The molecule has 1 atom stereocenters. The Morgan fingerprint density at radius 3 is 2.62 bits per heavy atom. The van der Waals surface area contributed by atoms with Crippen LogP contribution in [0.5, 0.6) is 11.5 Å². The van der Waals surface area contributed by atoms with Gasteiger partial charge in [-0.25, -0.2) is 0 Å². The molecular formula is C20H25BrN2O3. The molecule has 1 aliphatic rings. The lowest BCUT2D eigenvalue weighted by atomic mass is 10.0. The minimum atomic E-state index is 0.249. The molecule has 0 bridgehead atoms. The number of phenols is 1. The number of hydrogen-bond donors (Lipinski definition) is 2. The Morgan fingerprint density at radius 1 is 1.19 bits per heavy atom. The highest BCUT2D eigenvalue weighted by molar-refractivity contribution is 9.10. The quantitative estimate of drug-likeness (QED) is 0.719. The average Bonchev–Trinajstić information content (AvgIpc) is 2.69. The third kappa shape index (κ3) is 4.98. The number of morpholine rings is 1. The third-order valence-corrected chi connectivity index (χ3v) is 5.17. The second kappa shape index (κ2) is 9.37. The van der Waals surface area contributed by atoms with Gasteiger partial charge in [-0.15, -0.1) is 0 Å². The zero-order valence-corrected chi connectivity index (χ0v) is 16.5. The van der Waals surface area contributed by atoms with Crippen molar-refractivity contribution in [1.29, 1.82) is 0 Å². The van der Waals surface area contributed by atoms with Gasteiger partial charge in [-0.05, 0) is 35.9 Å². The number of rotatable bonds is 7. The van der Waals surface area contributed by atoms with Crippen molar-refractivity contribution >= 4 is 15.9 Å². The van der Waals surface area contributed by atoms with Gasteiger partial charge in [-0.2, -0.15) is 0 Å². The number of aromatic hydroxyl groups is 1. The standard InChI is InChI=1S/C20H25BrN2O3/c1-25-18-5-2-15(3-6-18)19(23-8-10-26-11-9-23)14-22-13-16-12-17(21)4-7-20(16)24/h2-7,12,19,22,24H,8-11,13-14H2,1H3. The van der Waals surface area contributed by atoms with Crippen LogP contribution in [0.3, 0.4) is 0 Å². The number of hydrogen-bond acceptors (Lipinski definition) is 5. The van der Waals surface area contributed by atoms with E-state index < -0.39 is 0 Å². The smallest absolute Gasteiger partial charge is 0.120 e. The Kier molecular flexibility index (Phi) is 6.91. The van der Waals surface area contributed by atoms with Crippen molar-refractivity contribution in [1.82, 2.24) is 10.2 Å². The second-order valence-electron chi connectivity index (χ2n) is 6.34. The van der Waals surface area contributed by atoms with Crippen LogP contribution in [0.1, 0.15) is 17.2 Å². The van der Waals surface area contributed by atoms with Crippen molar-refractivity contribution < 1.29 is 14.6 Å². The van der Waals surface area contributed by atoms with Crippen LogP contribution in [0.15, 0.2) is 46.9 Å². The lowest BCUT2D eigenvalue weighted by molar-refractivity contribution is 0.0161. The molecule has 0 aromatic heterocycles. The Bertz CT molecular complexity index is 703. The van der Waals surface area contributed by atoms with E-state index in [1.165, 1.54) is 5.56 Å². The van der Waals surface area contributed by atoms with E-state index in [0.29, 0.717) is 12.3 Å². The first-order valence-electron chi connectivity index (χ1n) is 8.81. The first kappa shape index (κ1) is 19.2. The average molecular weight is 421 g/mol. The van der Waals surface area contributed by atoms with E-state index in [1.807, 2.05) is 24.3 Å². The molecule has 2 aromatic carbocycles. The van der Waals surface area contributed by atoms with Gasteiger partial charge in [-0.3, -0.25) is 4.90 Å². The fourth-order valence-electron chi connectivity index (χ4n) is 3.21. The Balaban J connectivity index is 1.69. The molecule has 2 N–H and O–H groups in total. The molecule has 6 heteroatoms. The monoisotopic (exact) mass is 420 g/mol. The molecule has 1 fully saturated rings.